The molecular weight excluding hydrogens is 246 g/mol. The second-order valence-electron chi connectivity index (χ2n) is 6.10. The van der Waals surface area contributed by atoms with E-state index in [-0.39, 0.29) is 16.7 Å². The van der Waals surface area contributed by atoms with Crippen LogP contribution in [-0.2, 0) is 10.8 Å². The van der Waals surface area contributed by atoms with Crippen molar-refractivity contribution in [2.24, 2.45) is 0 Å². The van der Waals surface area contributed by atoms with E-state index in [0.29, 0.717) is 0 Å². The van der Waals surface area contributed by atoms with Crippen molar-refractivity contribution in [3.05, 3.63) is 23.3 Å². The van der Waals surface area contributed by atoms with Crippen LogP contribution in [0, 0.1) is 11.3 Å². The predicted molar refractivity (Wildman–Crippen MR) is 82.6 cm³/mol. The fourth-order valence-electron chi connectivity index (χ4n) is 2.55. The third-order valence-electron chi connectivity index (χ3n) is 5.23. The van der Waals surface area contributed by atoms with Gasteiger partial charge >= 0.3 is 0 Å². The first kappa shape index (κ1) is 16.6. The van der Waals surface area contributed by atoms with Crippen molar-refractivity contribution in [2.45, 2.75) is 78.1 Å². The second-order valence-corrected chi connectivity index (χ2v) is 6.10. The van der Waals surface area contributed by atoms with Crippen LogP contribution in [0.4, 0.5) is 0 Å². The first-order chi connectivity index (χ1) is 9.40. The average molecular weight is 273 g/mol. The van der Waals surface area contributed by atoms with Crippen molar-refractivity contribution in [2.75, 3.05) is 0 Å². The highest BCUT2D eigenvalue weighted by Crippen LogP contribution is 2.39. The van der Waals surface area contributed by atoms with Gasteiger partial charge < -0.3 is 0 Å². The minimum absolute atomic E-state index is 0.00940. The van der Waals surface area contributed by atoms with E-state index in [2.05, 4.69) is 57.6 Å². The Morgan fingerprint density at radius 3 is 1.90 bits per heavy atom. The zero-order chi connectivity index (χ0) is 15.4. The van der Waals surface area contributed by atoms with Gasteiger partial charge in [-0.25, -0.2) is 9.97 Å². The minimum atomic E-state index is 0.00940. The molecule has 0 saturated carbocycles. The molecule has 110 valence electrons. The molecule has 1 aromatic rings. The lowest BCUT2D eigenvalue weighted by molar-refractivity contribution is 0.381. The van der Waals surface area contributed by atoms with Crippen molar-refractivity contribution >= 4 is 0 Å². The SMILES string of the molecule is CCC(C)(CC)c1cnc(C#N)nc1C(C)(CC)CC. The predicted octanol–water partition coefficient (Wildman–Crippen LogP) is 4.50. The molecule has 3 heteroatoms. The molecule has 0 aliphatic carbocycles. The van der Waals surface area contributed by atoms with Crippen LogP contribution < -0.4 is 0 Å². The Labute approximate surface area is 123 Å². The lowest BCUT2D eigenvalue weighted by Crippen LogP contribution is -2.31. The summed E-state index contributed by atoms with van der Waals surface area (Å²) in [5.41, 5.74) is 2.37. The van der Waals surface area contributed by atoms with Crippen LogP contribution in [0.15, 0.2) is 6.20 Å². The molecule has 0 amide bonds. The summed E-state index contributed by atoms with van der Waals surface area (Å²) in [5.74, 6) is 0.284. The van der Waals surface area contributed by atoms with Crippen molar-refractivity contribution in [1.29, 1.82) is 5.26 Å². The number of rotatable bonds is 6. The maximum absolute atomic E-state index is 9.11. The fourth-order valence-corrected chi connectivity index (χ4v) is 2.55. The summed E-state index contributed by atoms with van der Waals surface area (Å²) in [4.78, 5) is 8.82. The van der Waals surface area contributed by atoms with E-state index < -0.39 is 0 Å². The number of nitrogens with zero attached hydrogens (tertiary/aromatic N) is 3. The highest BCUT2D eigenvalue weighted by Gasteiger charge is 2.34. The summed E-state index contributed by atoms with van der Waals surface area (Å²) >= 11 is 0. The van der Waals surface area contributed by atoms with Crippen LogP contribution in [0.25, 0.3) is 0 Å². The summed E-state index contributed by atoms with van der Waals surface area (Å²) in [5, 5.41) is 9.11. The lowest BCUT2D eigenvalue weighted by Gasteiger charge is -2.35. The van der Waals surface area contributed by atoms with E-state index >= 15 is 0 Å². The van der Waals surface area contributed by atoms with Crippen molar-refractivity contribution in [3.63, 3.8) is 0 Å². The Balaban J connectivity index is 3.58. The molecule has 0 fully saturated rings. The Kier molecular flexibility index (Phi) is 5.28. The van der Waals surface area contributed by atoms with Crippen LogP contribution >= 0.6 is 0 Å². The summed E-state index contributed by atoms with van der Waals surface area (Å²) in [6.45, 7) is 13.3. The molecular formula is C17H27N3. The standard InChI is InChI=1S/C17H27N3/c1-7-16(5,8-2)13-12-19-14(11-18)20-15(13)17(6,9-3)10-4/h12H,7-10H2,1-6H3. The van der Waals surface area contributed by atoms with Gasteiger partial charge in [-0.3, -0.25) is 0 Å². The van der Waals surface area contributed by atoms with Gasteiger partial charge in [0.05, 0.1) is 5.69 Å². The van der Waals surface area contributed by atoms with Gasteiger partial charge in [0.2, 0.25) is 5.82 Å². The van der Waals surface area contributed by atoms with E-state index in [1.165, 1.54) is 5.56 Å². The molecule has 0 aliphatic heterocycles. The number of nitriles is 1. The normalized spacial score (nSPS) is 12.2. The third-order valence-corrected chi connectivity index (χ3v) is 5.23. The first-order valence-corrected chi connectivity index (χ1v) is 7.68. The molecule has 1 aromatic heterocycles. The molecule has 0 bridgehead atoms. The maximum Gasteiger partial charge on any atom is 0.232 e. The van der Waals surface area contributed by atoms with Gasteiger partial charge in [0.25, 0.3) is 0 Å². The molecule has 1 rings (SSSR count). The zero-order valence-electron chi connectivity index (χ0n) is 13.7. The van der Waals surface area contributed by atoms with E-state index in [1.807, 2.05) is 6.20 Å². The summed E-state index contributed by atoms with van der Waals surface area (Å²) in [7, 11) is 0. The Morgan fingerprint density at radius 2 is 1.50 bits per heavy atom. The van der Waals surface area contributed by atoms with E-state index in [9.17, 15) is 0 Å². The van der Waals surface area contributed by atoms with Crippen LogP contribution in [0.3, 0.4) is 0 Å². The first-order valence-electron chi connectivity index (χ1n) is 7.68. The summed E-state index contributed by atoms with van der Waals surface area (Å²) in [6.07, 6.45) is 6.02. The molecule has 0 aromatic carbocycles. The van der Waals surface area contributed by atoms with E-state index in [1.54, 1.807) is 0 Å². The van der Waals surface area contributed by atoms with Crippen LogP contribution in [0.2, 0.25) is 0 Å². The quantitative estimate of drug-likeness (QED) is 0.766. The molecule has 1 heterocycles. The van der Waals surface area contributed by atoms with Crippen molar-refractivity contribution in [1.82, 2.24) is 9.97 Å². The van der Waals surface area contributed by atoms with Gasteiger partial charge in [-0.1, -0.05) is 41.5 Å². The smallest absolute Gasteiger partial charge is 0.227 e. The molecule has 0 saturated heterocycles. The summed E-state index contributed by atoms with van der Waals surface area (Å²) < 4.78 is 0. The van der Waals surface area contributed by atoms with Crippen LogP contribution in [0.5, 0.6) is 0 Å². The Hall–Kier alpha value is -1.43. The molecule has 3 nitrogen and oxygen atoms in total. The van der Waals surface area contributed by atoms with Gasteiger partial charge in [-0.15, -0.1) is 0 Å². The maximum atomic E-state index is 9.11. The van der Waals surface area contributed by atoms with Gasteiger partial charge in [0.1, 0.15) is 6.07 Å². The van der Waals surface area contributed by atoms with Gasteiger partial charge in [0, 0.05) is 11.6 Å². The number of aromatic nitrogens is 2. The topological polar surface area (TPSA) is 49.6 Å². The van der Waals surface area contributed by atoms with Gasteiger partial charge in [-0.05, 0) is 36.7 Å². The average Bonchev–Trinajstić information content (AvgIpc) is 2.52. The van der Waals surface area contributed by atoms with E-state index in [4.69, 9.17) is 5.26 Å². The highest BCUT2D eigenvalue weighted by molar-refractivity contribution is 5.34. The minimum Gasteiger partial charge on any atom is -0.227 e. The van der Waals surface area contributed by atoms with Crippen molar-refractivity contribution < 1.29 is 0 Å². The monoisotopic (exact) mass is 273 g/mol. The molecule has 0 aliphatic rings. The highest BCUT2D eigenvalue weighted by atomic mass is 14.9. The van der Waals surface area contributed by atoms with Crippen LogP contribution in [-0.4, -0.2) is 9.97 Å². The Morgan fingerprint density at radius 1 is 1.00 bits per heavy atom. The third kappa shape index (κ3) is 2.85. The van der Waals surface area contributed by atoms with Gasteiger partial charge in [-0.2, -0.15) is 5.26 Å². The van der Waals surface area contributed by atoms with E-state index in [0.717, 1.165) is 31.4 Å². The lowest BCUT2D eigenvalue weighted by atomic mass is 9.71. The largest absolute Gasteiger partial charge is 0.232 e. The van der Waals surface area contributed by atoms with Crippen LogP contribution in [0.1, 0.15) is 84.3 Å². The zero-order valence-corrected chi connectivity index (χ0v) is 13.7. The molecule has 20 heavy (non-hydrogen) atoms. The molecule has 0 radical (unpaired) electrons. The second kappa shape index (κ2) is 6.35. The molecule has 0 N–H and O–H groups in total. The number of hydrogen-bond acceptors (Lipinski definition) is 3. The molecule has 0 spiro atoms. The van der Waals surface area contributed by atoms with Crippen molar-refractivity contribution in [3.8, 4) is 6.07 Å². The number of hydrogen-bond donors (Lipinski definition) is 0. The molecule has 0 atom stereocenters. The summed E-state index contributed by atoms with van der Waals surface area (Å²) in [6, 6.07) is 2.08. The Bertz CT molecular complexity index is 491. The fraction of sp³-hybridized carbons (Fsp3) is 0.706. The molecule has 0 unspecified atom stereocenters. The van der Waals surface area contributed by atoms with Gasteiger partial charge in [0.15, 0.2) is 0 Å².